The summed E-state index contributed by atoms with van der Waals surface area (Å²) in [4.78, 5) is 4.38. The lowest BCUT2D eigenvalue weighted by Gasteiger charge is -2.08. The summed E-state index contributed by atoms with van der Waals surface area (Å²) in [5, 5.41) is 0. The first-order chi connectivity index (χ1) is 7.24. The van der Waals surface area contributed by atoms with Crippen LogP contribution in [-0.4, -0.2) is 5.71 Å². The van der Waals surface area contributed by atoms with Gasteiger partial charge in [-0.2, -0.15) is 0 Å². The summed E-state index contributed by atoms with van der Waals surface area (Å²) >= 11 is 0. The monoisotopic (exact) mass is 200 g/mol. The number of benzene rings is 1. The van der Waals surface area contributed by atoms with Gasteiger partial charge in [0.1, 0.15) is 5.82 Å². The third-order valence-corrected chi connectivity index (χ3v) is 2.66. The number of rotatable bonds is 0. The number of aliphatic imine (C=N–C) groups is 1. The third kappa shape index (κ3) is 1.20. The summed E-state index contributed by atoms with van der Waals surface area (Å²) in [6.07, 6.45) is 4.55. The van der Waals surface area contributed by atoms with Crippen LogP contribution >= 0.6 is 0 Å². The standard InChI is InChI=1S/C12H9FN2/c13-7-1-3-9-10-6-8(14)2-4-11(10)15-12(9)5-7/h1-3,5-6H,4,14H2. The second kappa shape index (κ2) is 2.79. The number of nitrogens with zero attached hydrogens (tertiary/aromatic N) is 1. The van der Waals surface area contributed by atoms with Crippen molar-refractivity contribution in [1.29, 1.82) is 0 Å². The zero-order valence-electron chi connectivity index (χ0n) is 8.00. The molecule has 1 aliphatic carbocycles. The van der Waals surface area contributed by atoms with Crippen LogP contribution in [0.4, 0.5) is 10.1 Å². The largest absolute Gasteiger partial charge is 0.399 e. The van der Waals surface area contributed by atoms with Gasteiger partial charge in [0.25, 0.3) is 0 Å². The van der Waals surface area contributed by atoms with Crippen LogP contribution < -0.4 is 5.73 Å². The average molecular weight is 200 g/mol. The minimum Gasteiger partial charge on any atom is -0.399 e. The highest BCUT2D eigenvalue weighted by Gasteiger charge is 2.22. The third-order valence-electron chi connectivity index (χ3n) is 2.66. The molecule has 0 spiro atoms. The number of nitrogens with two attached hydrogens (primary N) is 1. The van der Waals surface area contributed by atoms with Crippen LogP contribution in [0.2, 0.25) is 0 Å². The van der Waals surface area contributed by atoms with E-state index in [-0.39, 0.29) is 5.82 Å². The average Bonchev–Trinajstić information content (AvgIpc) is 2.54. The Kier molecular flexibility index (Phi) is 1.57. The summed E-state index contributed by atoms with van der Waals surface area (Å²) in [5.41, 5.74) is 10.2. The number of fused-ring (bicyclic) bond motifs is 3. The summed E-state index contributed by atoms with van der Waals surface area (Å²) in [5.74, 6) is -0.252. The molecule has 0 saturated carbocycles. The van der Waals surface area contributed by atoms with E-state index < -0.39 is 0 Å². The van der Waals surface area contributed by atoms with Gasteiger partial charge in [0, 0.05) is 29.3 Å². The summed E-state index contributed by atoms with van der Waals surface area (Å²) in [6, 6.07) is 4.66. The molecule has 1 aromatic rings. The molecular formula is C12H9FN2. The summed E-state index contributed by atoms with van der Waals surface area (Å²) < 4.78 is 13.0. The number of hydrogen-bond acceptors (Lipinski definition) is 2. The van der Waals surface area contributed by atoms with Gasteiger partial charge in [-0.15, -0.1) is 0 Å². The van der Waals surface area contributed by atoms with Gasteiger partial charge in [0.05, 0.1) is 11.4 Å². The molecule has 0 bridgehead atoms. The van der Waals surface area contributed by atoms with E-state index in [4.69, 9.17) is 5.73 Å². The molecular weight excluding hydrogens is 191 g/mol. The van der Waals surface area contributed by atoms with Crippen LogP contribution in [0.15, 0.2) is 41.0 Å². The van der Waals surface area contributed by atoms with Crippen molar-refractivity contribution < 1.29 is 4.39 Å². The van der Waals surface area contributed by atoms with Gasteiger partial charge in [-0.05, 0) is 18.2 Å². The SMILES string of the molecule is NC1=CCC2=Nc3cc(F)ccc3C2=C1. The van der Waals surface area contributed by atoms with Crippen LogP contribution in [0, 0.1) is 5.82 Å². The van der Waals surface area contributed by atoms with E-state index in [2.05, 4.69) is 4.99 Å². The van der Waals surface area contributed by atoms with Crippen molar-refractivity contribution in [3.63, 3.8) is 0 Å². The maximum absolute atomic E-state index is 13.0. The molecule has 0 amide bonds. The second-order valence-electron chi connectivity index (χ2n) is 3.69. The van der Waals surface area contributed by atoms with Gasteiger partial charge in [-0.3, -0.25) is 4.99 Å². The first-order valence-corrected chi connectivity index (χ1v) is 4.79. The smallest absolute Gasteiger partial charge is 0.125 e. The number of halogens is 1. The van der Waals surface area contributed by atoms with Crippen molar-refractivity contribution in [3.8, 4) is 0 Å². The molecule has 0 fully saturated rings. The van der Waals surface area contributed by atoms with Gasteiger partial charge in [-0.1, -0.05) is 6.08 Å². The Hall–Kier alpha value is -1.90. The molecule has 74 valence electrons. The lowest BCUT2D eigenvalue weighted by Crippen LogP contribution is -2.06. The van der Waals surface area contributed by atoms with Crippen molar-refractivity contribution >= 4 is 17.0 Å². The first kappa shape index (κ1) is 8.41. The van der Waals surface area contributed by atoms with Crippen molar-refractivity contribution in [3.05, 3.63) is 47.4 Å². The Morgan fingerprint density at radius 3 is 3.07 bits per heavy atom. The lowest BCUT2D eigenvalue weighted by atomic mass is 9.96. The normalized spacial score (nSPS) is 17.5. The molecule has 3 rings (SSSR count). The zero-order chi connectivity index (χ0) is 10.4. The van der Waals surface area contributed by atoms with Gasteiger partial charge < -0.3 is 5.73 Å². The molecule has 15 heavy (non-hydrogen) atoms. The van der Waals surface area contributed by atoms with Crippen LogP contribution in [-0.2, 0) is 0 Å². The van der Waals surface area contributed by atoms with Crippen LogP contribution in [0.3, 0.4) is 0 Å². The van der Waals surface area contributed by atoms with Gasteiger partial charge in [0.15, 0.2) is 0 Å². The Bertz CT molecular complexity index is 539. The number of allylic oxidation sites excluding steroid dienone is 3. The molecule has 1 aromatic carbocycles. The van der Waals surface area contributed by atoms with Crippen LogP contribution in [0.5, 0.6) is 0 Å². The Morgan fingerprint density at radius 1 is 1.33 bits per heavy atom. The Balaban J connectivity index is 2.21. The van der Waals surface area contributed by atoms with Crippen molar-refractivity contribution in [2.75, 3.05) is 0 Å². The van der Waals surface area contributed by atoms with Crippen molar-refractivity contribution in [1.82, 2.24) is 0 Å². The molecule has 0 radical (unpaired) electrons. The molecule has 0 atom stereocenters. The molecule has 1 heterocycles. The summed E-state index contributed by atoms with van der Waals surface area (Å²) in [6.45, 7) is 0. The van der Waals surface area contributed by atoms with E-state index in [1.54, 1.807) is 6.07 Å². The quantitative estimate of drug-likeness (QED) is 0.686. The van der Waals surface area contributed by atoms with E-state index in [9.17, 15) is 4.39 Å². The lowest BCUT2D eigenvalue weighted by molar-refractivity contribution is 0.628. The topological polar surface area (TPSA) is 38.4 Å². The second-order valence-corrected chi connectivity index (χ2v) is 3.69. The van der Waals surface area contributed by atoms with Gasteiger partial charge in [0.2, 0.25) is 0 Å². The van der Waals surface area contributed by atoms with Gasteiger partial charge >= 0.3 is 0 Å². The van der Waals surface area contributed by atoms with E-state index in [0.717, 1.165) is 29.0 Å². The van der Waals surface area contributed by atoms with Crippen molar-refractivity contribution in [2.45, 2.75) is 6.42 Å². The van der Waals surface area contributed by atoms with E-state index in [1.807, 2.05) is 12.2 Å². The Morgan fingerprint density at radius 2 is 2.20 bits per heavy atom. The molecule has 2 aliphatic rings. The summed E-state index contributed by atoms with van der Waals surface area (Å²) in [7, 11) is 0. The van der Waals surface area contributed by atoms with Crippen LogP contribution in [0.1, 0.15) is 12.0 Å². The van der Waals surface area contributed by atoms with E-state index in [1.165, 1.54) is 12.1 Å². The molecule has 1 aliphatic heterocycles. The molecule has 0 unspecified atom stereocenters. The molecule has 2 N–H and O–H groups in total. The first-order valence-electron chi connectivity index (χ1n) is 4.79. The fourth-order valence-electron chi connectivity index (χ4n) is 1.94. The highest BCUT2D eigenvalue weighted by Crippen LogP contribution is 2.38. The predicted octanol–water partition coefficient (Wildman–Crippen LogP) is 2.54. The highest BCUT2D eigenvalue weighted by atomic mass is 19.1. The zero-order valence-corrected chi connectivity index (χ0v) is 8.00. The van der Waals surface area contributed by atoms with Gasteiger partial charge in [-0.25, -0.2) is 4.39 Å². The maximum atomic E-state index is 13.0. The highest BCUT2D eigenvalue weighted by molar-refractivity contribution is 6.30. The Labute approximate surface area is 86.6 Å². The minimum atomic E-state index is -0.252. The fraction of sp³-hybridized carbons (Fsp3) is 0.0833. The van der Waals surface area contributed by atoms with E-state index >= 15 is 0 Å². The predicted molar refractivity (Wildman–Crippen MR) is 58.4 cm³/mol. The molecule has 0 aromatic heterocycles. The number of hydrogen-bond donors (Lipinski definition) is 1. The fourth-order valence-corrected chi connectivity index (χ4v) is 1.94. The van der Waals surface area contributed by atoms with E-state index in [0.29, 0.717) is 5.69 Å². The molecule has 0 saturated heterocycles. The maximum Gasteiger partial charge on any atom is 0.125 e. The minimum absolute atomic E-state index is 0.252. The van der Waals surface area contributed by atoms with Crippen LogP contribution in [0.25, 0.3) is 5.57 Å². The molecule has 2 nitrogen and oxygen atoms in total. The molecule has 3 heteroatoms. The van der Waals surface area contributed by atoms with Crippen molar-refractivity contribution in [2.24, 2.45) is 10.7 Å².